The third-order valence-corrected chi connectivity index (χ3v) is 4.93. The van der Waals surface area contributed by atoms with Crippen LogP contribution in [0, 0.1) is 5.92 Å². The lowest BCUT2D eigenvalue weighted by Gasteiger charge is -2.16. The molecule has 0 spiro atoms. The second-order valence-electron chi connectivity index (χ2n) is 7.30. The molecule has 0 aliphatic heterocycles. The van der Waals surface area contributed by atoms with Gasteiger partial charge in [-0.05, 0) is 46.9 Å². The van der Waals surface area contributed by atoms with Gasteiger partial charge in [-0.15, -0.1) is 0 Å². The van der Waals surface area contributed by atoms with E-state index < -0.39 is 12.0 Å². The highest BCUT2D eigenvalue weighted by Gasteiger charge is 2.14. The highest BCUT2D eigenvalue weighted by molar-refractivity contribution is 6.32. The van der Waals surface area contributed by atoms with Gasteiger partial charge in [-0.1, -0.05) is 61.8 Å². The SMILES string of the molecule is CC(C)CC(O)c1ccc(/C=N/NC(=O)c2ccc(O)c(Cl)c2)c2ccccc12. The molecule has 0 saturated carbocycles. The van der Waals surface area contributed by atoms with Crippen LogP contribution in [0.2, 0.25) is 5.02 Å². The van der Waals surface area contributed by atoms with Crippen molar-refractivity contribution in [3.63, 3.8) is 0 Å². The molecule has 0 aliphatic carbocycles. The van der Waals surface area contributed by atoms with Crippen molar-refractivity contribution in [2.45, 2.75) is 26.4 Å². The molecule has 1 unspecified atom stereocenters. The molecule has 150 valence electrons. The first-order chi connectivity index (χ1) is 13.9. The number of phenols is 1. The lowest BCUT2D eigenvalue weighted by atomic mass is 9.93. The van der Waals surface area contributed by atoms with Crippen LogP contribution in [0.15, 0.2) is 59.7 Å². The minimum Gasteiger partial charge on any atom is -0.506 e. The van der Waals surface area contributed by atoms with Crippen molar-refractivity contribution >= 4 is 34.5 Å². The van der Waals surface area contributed by atoms with E-state index in [1.165, 1.54) is 18.2 Å². The zero-order valence-corrected chi connectivity index (χ0v) is 17.0. The fourth-order valence-electron chi connectivity index (χ4n) is 3.20. The van der Waals surface area contributed by atoms with Gasteiger partial charge in [0.05, 0.1) is 17.3 Å². The first-order valence-corrected chi connectivity index (χ1v) is 9.76. The van der Waals surface area contributed by atoms with Crippen LogP contribution in [0.3, 0.4) is 0 Å². The van der Waals surface area contributed by atoms with Crippen LogP contribution in [0.25, 0.3) is 10.8 Å². The Kier molecular flexibility index (Phi) is 6.52. The topological polar surface area (TPSA) is 81.9 Å². The number of amides is 1. The maximum absolute atomic E-state index is 12.2. The van der Waals surface area contributed by atoms with Gasteiger partial charge in [0, 0.05) is 11.1 Å². The fraction of sp³-hybridized carbons (Fsp3) is 0.217. The normalized spacial score (nSPS) is 12.6. The number of aliphatic hydroxyl groups is 1. The molecule has 3 aromatic rings. The predicted octanol–water partition coefficient (Wildman–Crippen LogP) is 5.04. The standard InChI is InChI=1S/C23H23ClN2O3/c1-14(2)11-22(28)19-9-7-16(17-5-3-4-6-18(17)19)13-25-26-23(29)15-8-10-21(27)20(24)12-15/h3-10,12-14,22,27-28H,11H2,1-2H3,(H,26,29)/b25-13+. The summed E-state index contributed by atoms with van der Waals surface area (Å²) in [4.78, 5) is 12.2. The largest absolute Gasteiger partial charge is 0.506 e. The Morgan fingerprint density at radius 1 is 1.14 bits per heavy atom. The maximum atomic E-state index is 12.2. The number of carbonyl (C=O) groups excluding carboxylic acids is 1. The Morgan fingerprint density at radius 3 is 2.55 bits per heavy atom. The van der Waals surface area contributed by atoms with Gasteiger partial charge in [-0.3, -0.25) is 4.79 Å². The second kappa shape index (κ2) is 9.07. The molecule has 0 bridgehead atoms. The van der Waals surface area contributed by atoms with Crippen molar-refractivity contribution in [1.29, 1.82) is 0 Å². The molecule has 29 heavy (non-hydrogen) atoms. The number of phenolic OH excluding ortho intramolecular Hbond substituents is 1. The highest BCUT2D eigenvalue weighted by Crippen LogP contribution is 2.30. The van der Waals surface area contributed by atoms with E-state index in [9.17, 15) is 15.0 Å². The smallest absolute Gasteiger partial charge is 0.271 e. The summed E-state index contributed by atoms with van der Waals surface area (Å²) in [6.07, 6.45) is 1.72. The Balaban J connectivity index is 1.83. The second-order valence-corrected chi connectivity index (χ2v) is 7.71. The van der Waals surface area contributed by atoms with Crippen molar-refractivity contribution < 1.29 is 15.0 Å². The van der Waals surface area contributed by atoms with Crippen LogP contribution < -0.4 is 5.43 Å². The quantitative estimate of drug-likeness (QED) is 0.393. The van der Waals surface area contributed by atoms with E-state index in [-0.39, 0.29) is 10.8 Å². The summed E-state index contributed by atoms with van der Waals surface area (Å²) in [6.45, 7) is 4.16. The van der Waals surface area contributed by atoms with Crippen molar-refractivity contribution in [1.82, 2.24) is 5.43 Å². The molecular weight excluding hydrogens is 388 g/mol. The van der Waals surface area contributed by atoms with Gasteiger partial charge in [0.25, 0.3) is 5.91 Å². The van der Waals surface area contributed by atoms with Gasteiger partial charge < -0.3 is 10.2 Å². The van der Waals surface area contributed by atoms with Crippen molar-refractivity contribution in [2.24, 2.45) is 11.0 Å². The molecule has 1 atom stereocenters. The molecule has 0 aliphatic rings. The maximum Gasteiger partial charge on any atom is 0.271 e. The van der Waals surface area contributed by atoms with Crippen LogP contribution in [-0.2, 0) is 0 Å². The first-order valence-electron chi connectivity index (χ1n) is 9.38. The van der Waals surface area contributed by atoms with E-state index >= 15 is 0 Å². The van der Waals surface area contributed by atoms with Gasteiger partial charge in [-0.2, -0.15) is 5.10 Å². The summed E-state index contributed by atoms with van der Waals surface area (Å²) < 4.78 is 0. The van der Waals surface area contributed by atoms with Gasteiger partial charge in [0.15, 0.2) is 0 Å². The number of aromatic hydroxyl groups is 1. The molecule has 0 aromatic heterocycles. The minimum atomic E-state index is -0.537. The summed E-state index contributed by atoms with van der Waals surface area (Å²) in [5.74, 6) is -0.136. The zero-order chi connectivity index (χ0) is 21.0. The van der Waals surface area contributed by atoms with Gasteiger partial charge in [0.2, 0.25) is 0 Å². The molecule has 3 N–H and O–H groups in total. The van der Waals surface area contributed by atoms with Crippen LogP contribution >= 0.6 is 11.6 Å². The number of nitrogens with one attached hydrogen (secondary N) is 1. The van der Waals surface area contributed by atoms with E-state index in [1.807, 2.05) is 36.4 Å². The third-order valence-electron chi connectivity index (χ3n) is 4.62. The zero-order valence-electron chi connectivity index (χ0n) is 16.3. The number of hydrogen-bond acceptors (Lipinski definition) is 4. The molecule has 3 aromatic carbocycles. The molecule has 0 heterocycles. The number of carbonyl (C=O) groups is 1. The molecule has 1 amide bonds. The van der Waals surface area contributed by atoms with E-state index in [4.69, 9.17) is 11.6 Å². The third kappa shape index (κ3) is 4.94. The lowest BCUT2D eigenvalue weighted by Crippen LogP contribution is -2.17. The number of fused-ring (bicyclic) bond motifs is 1. The minimum absolute atomic E-state index is 0.0852. The average Bonchev–Trinajstić information content (AvgIpc) is 2.69. The average molecular weight is 411 g/mol. The molecule has 0 fully saturated rings. The van der Waals surface area contributed by atoms with Crippen molar-refractivity contribution in [2.75, 3.05) is 0 Å². The van der Waals surface area contributed by atoms with Crippen LogP contribution in [0.4, 0.5) is 0 Å². The first kappa shape index (κ1) is 20.8. The summed E-state index contributed by atoms with van der Waals surface area (Å²) >= 11 is 5.84. The molecule has 3 rings (SSSR count). The Bertz CT molecular complexity index is 1060. The molecule has 0 saturated heterocycles. The summed E-state index contributed by atoms with van der Waals surface area (Å²) in [6, 6.07) is 15.8. The number of rotatable bonds is 6. The molecular formula is C23H23ClN2O3. The monoisotopic (exact) mass is 410 g/mol. The number of halogens is 1. The van der Waals surface area contributed by atoms with E-state index in [1.54, 1.807) is 6.21 Å². The fourth-order valence-corrected chi connectivity index (χ4v) is 3.38. The lowest BCUT2D eigenvalue weighted by molar-refractivity contribution is 0.0955. The van der Waals surface area contributed by atoms with Gasteiger partial charge >= 0.3 is 0 Å². The van der Waals surface area contributed by atoms with E-state index in [2.05, 4.69) is 24.4 Å². The van der Waals surface area contributed by atoms with Crippen LogP contribution in [0.1, 0.15) is 47.9 Å². The number of hydrogen-bond donors (Lipinski definition) is 3. The van der Waals surface area contributed by atoms with Crippen LogP contribution in [-0.4, -0.2) is 22.3 Å². The molecule has 5 nitrogen and oxygen atoms in total. The number of nitrogens with zero attached hydrogens (tertiary/aromatic N) is 1. The van der Waals surface area contributed by atoms with E-state index in [0.29, 0.717) is 17.9 Å². The molecule has 6 heteroatoms. The predicted molar refractivity (Wildman–Crippen MR) is 117 cm³/mol. The Labute approximate surface area is 174 Å². The van der Waals surface area contributed by atoms with Gasteiger partial charge in [0.1, 0.15) is 5.75 Å². The number of hydrazone groups is 1. The van der Waals surface area contributed by atoms with Crippen molar-refractivity contribution in [3.8, 4) is 5.75 Å². The Morgan fingerprint density at radius 2 is 1.86 bits per heavy atom. The molecule has 0 radical (unpaired) electrons. The number of aliphatic hydroxyl groups excluding tert-OH is 1. The summed E-state index contributed by atoms with van der Waals surface area (Å²) in [5.41, 5.74) is 4.46. The van der Waals surface area contributed by atoms with Crippen LogP contribution in [0.5, 0.6) is 5.75 Å². The summed E-state index contributed by atoms with van der Waals surface area (Å²) in [5, 5.41) is 26.1. The number of benzene rings is 3. The Hall–Kier alpha value is -2.89. The summed E-state index contributed by atoms with van der Waals surface area (Å²) in [7, 11) is 0. The van der Waals surface area contributed by atoms with E-state index in [0.717, 1.165) is 21.9 Å². The van der Waals surface area contributed by atoms with Crippen molar-refractivity contribution in [3.05, 3.63) is 76.3 Å². The highest BCUT2D eigenvalue weighted by atomic mass is 35.5. The van der Waals surface area contributed by atoms with Gasteiger partial charge in [-0.25, -0.2) is 5.43 Å².